The van der Waals surface area contributed by atoms with Crippen molar-refractivity contribution in [2.75, 3.05) is 0 Å². The van der Waals surface area contributed by atoms with E-state index in [4.69, 9.17) is 5.11 Å². The summed E-state index contributed by atoms with van der Waals surface area (Å²) in [6.07, 6.45) is 1.01. The van der Waals surface area contributed by atoms with Gasteiger partial charge in [0.2, 0.25) is 0 Å². The number of nitrogens with zero attached hydrogens (tertiary/aromatic N) is 1. The van der Waals surface area contributed by atoms with E-state index in [9.17, 15) is 4.79 Å². The maximum atomic E-state index is 10.8. The third kappa shape index (κ3) is 3.58. The third-order valence-corrected chi connectivity index (χ3v) is 2.82. The van der Waals surface area contributed by atoms with E-state index in [1.807, 2.05) is 20.8 Å². The predicted octanol–water partition coefficient (Wildman–Crippen LogP) is 2.67. The Morgan fingerprint density at radius 3 is 2.53 bits per heavy atom. The quantitative estimate of drug-likeness (QED) is 0.828. The van der Waals surface area contributed by atoms with Crippen LogP contribution < -0.4 is 0 Å². The van der Waals surface area contributed by atoms with Crippen molar-refractivity contribution in [3.8, 4) is 0 Å². The summed E-state index contributed by atoms with van der Waals surface area (Å²) in [6.45, 7) is 10.1. The molecule has 96 valence electrons. The highest BCUT2D eigenvalue weighted by molar-refractivity contribution is 5.68. The molecule has 0 aliphatic carbocycles. The molecule has 0 aliphatic heterocycles. The van der Waals surface area contributed by atoms with Gasteiger partial charge in [0.05, 0.1) is 12.1 Å². The Morgan fingerprint density at radius 1 is 1.47 bits per heavy atom. The Bertz CT molecular complexity index is 406. The number of aromatic nitrogens is 2. The van der Waals surface area contributed by atoms with Crippen LogP contribution in [0.25, 0.3) is 0 Å². The van der Waals surface area contributed by atoms with Crippen molar-refractivity contribution in [1.82, 2.24) is 9.97 Å². The Kier molecular flexibility index (Phi) is 3.96. The second-order valence-corrected chi connectivity index (χ2v) is 5.71. The molecular weight excluding hydrogens is 216 g/mol. The van der Waals surface area contributed by atoms with Gasteiger partial charge in [0.15, 0.2) is 0 Å². The van der Waals surface area contributed by atoms with Crippen LogP contribution in [0.15, 0.2) is 0 Å². The molecule has 0 saturated carbocycles. The lowest BCUT2D eigenvalue weighted by Gasteiger charge is -2.19. The largest absolute Gasteiger partial charge is 0.481 e. The molecule has 0 radical (unpaired) electrons. The number of rotatable bonds is 5. The molecule has 0 atom stereocenters. The second-order valence-electron chi connectivity index (χ2n) is 5.71. The fourth-order valence-electron chi connectivity index (χ4n) is 1.86. The van der Waals surface area contributed by atoms with Crippen LogP contribution in [0.1, 0.15) is 51.3 Å². The van der Waals surface area contributed by atoms with Gasteiger partial charge in [-0.2, -0.15) is 0 Å². The monoisotopic (exact) mass is 238 g/mol. The van der Waals surface area contributed by atoms with Gasteiger partial charge in [-0.1, -0.05) is 27.7 Å². The highest BCUT2D eigenvalue weighted by Gasteiger charge is 2.28. The molecule has 0 bridgehead atoms. The Morgan fingerprint density at radius 2 is 2.06 bits per heavy atom. The van der Waals surface area contributed by atoms with Crippen molar-refractivity contribution in [3.63, 3.8) is 0 Å². The van der Waals surface area contributed by atoms with E-state index in [-0.39, 0.29) is 6.42 Å². The van der Waals surface area contributed by atoms with Gasteiger partial charge >= 0.3 is 5.97 Å². The normalized spacial score (nSPS) is 12.1. The number of imidazole rings is 1. The number of carboxylic acids is 1. The smallest absolute Gasteiger partial charge is 0.304 e. The molecule has 0 aromatic carbocycles. The molecule has 0 fully saturated rings. The van der Waals surface area contributed by atoms with Gasteiger partial charge in [0.25, 0.3) is 0 Å². The standard InChI is InChI=1S/C13H22N2O2/c1-8(2)6-10-9(3)14-12(15-10)13(4,5)7-11(16)17/h8H,6-7H2,1-5H3,(H,14,15)(H,16,17). The average molecular weight is 238 g/mol. The van der Waals surface area contributed by atoms with Gasteiger partial charge in [0, 0.05) is 11.1 Å². The molecule has 0 amide bonds. The van der Waals surface area contributed by atoms with E-state index in [2.05, 4.69) is 23.8 Å². The first-order valence-electron chi connectivity index (χ1n) is 6.00. The molecule has 1 aromatic rings. The number of H-pyrrole nitrogens is 1. The number of aliphatic carboxylic acids is 1. The zero-order valence-electron chi connectivity index (χ0n) is 11.3. The van der Waals surface area contributed by atoms with Crippen molar-refractivity contribution in [1.29, 1.82) is 0 Å². The first-order chi connectivity index (χ1) is 7.72. The highest BCUT2D eigenvalue weighted by Crippen LogP contribution is 2.26. The summed E-state index contributed by atoms with van der Waals surface area (Å²) < 4.78 is 0. The summed E-state index contributed by atoms with van der Waals surface area (Å²) in [7, 11) is 0. The summed E-state index contributed by atoms with van der Waals surface area (Å²) in [5.41, 5.74) is 1.65. The average Bonchev–Trinajstić information content (AvgIpc) is 2.45. The van der Waals surface area contributed by atoms with Gasteiger partial charge in [-0.15, -0.1) is 0 Å². The number of aryl methyl sites for hydroxylation is 1. The highest BCUT2D eigenvalue weighted by atomic mass is 16.4. The molecule has 2 N–H and O–H groups in total. The zero-order chi connectivity index (χ0) is 13.2. The van der Waals surface area contributed by atoms with Gasteiger partial charge in [-0.3, -0.25) is 4.79 Å². The van der Waals surface area contributed by atoms with Crippen LogP contribution >= 0.6 is 0 Å². The number of hydrogen-bond acceptors (Lipinski definition) is 2. The van der Waals surface area contributed by atoms with Crippen molar-refractivity contribution >= 4 is 5.97 Å². The molecule has 4 heteroatoms. The van der Waals surface area contributed by atoms with Gasteiger partial charge in [-0.05, 0) is 19.3 Å². The molecule has 17 heavy (non-hydrogen) atoms. The van der Waals surface area contributed by atoms with Crippen LogP contribution in [-0.2, 0) is 16.6 Å². The number of carboxylic acid groups (broad SMARTS) is 1. The molecule has 0 saturated heterocycles. The van der Waals surface area contributed by atoms with Crippen molar-refractivity contribution < 1.29 is 9.90 Å². The predicted molar refractivity (Wildman–Crippen MR) is 67.1 cm³/mol. The molecular formula is C13H22N2O2. The summed E-state index contributed by atoms with van der Waals surface area (Å²) in [6, 6.07) is 0. The minimum Gasteiger partial charge on any atom is -0.481 e. The van der Waals surface area contributed by atoms with Gasteiger partial charge in [0.1, 0.15) is 5.82 Å². The van der Waals surface area contributed by atoms with Gasteiger partial charge in [-0.25, -0.2) is 4.98 Å². The summed E-state index contributed by atoms with van der Waals surface area (Å²) in [5, 5.41) is 8.89. The number of hydrogen-bond donors (Lipinski definition) is 2. The number of carbonyl (C=O) groups is 1. The van der Waals surface area contributed by atoms with E-state index < -0.39 is 11.4 Å². The molecule has 0 unspecified atom stereocenters. The lowest BCUT2D eigenvalue weighted by molar-refractivity contribution is -0.138. The second kappa shape index (κ2) is 4.90. The summed E-state index contributed by atoms with van der Waals surface area (Å²) >= 11 is 0. The van der Waals surface area contributed by atoms with Crippen LogP contribution in [0.4, 0.5) is 0 Å². The number of nitrogens with one attached hydrogen (secondary N) is 1. The van der Waals surface area contributed by atoms with Crippen LogP contribution in [0.2, 0.25) is 0 Å². The van der Waals surface area contributed by atoms with Gasteiger partial charge < -0.3 is 10.1 Å². The molecule has 1 aromatic heterocycles. The topological polar surface area (TPSA) is 66.0 Å². The first kappa shape index (κ1) is 13.7. The van der Waals surface area contributed by atoms with Crippen LogP contribution in [-0.4, -0.2) is 21.0 Å². The van der Waals surface area contributed by atoms with E-state index in [0.29, 0.717) is 5.92 Å². The maximum Gasteiger partial charge on any atom is 0.304 e. The number of aromatic amines is 1. The first-order valence-corrected chi connectivity index (χ1v) is 6.00. The minimum absolute atomic E-state index is 0.0844. The van der Waals surface area contributed by atoms with E-state index in [1.54, 1.807) is 0 Å². The van der Waals surface area contributed by atoms with E-state index in [1.165, 1.54) is 0 Å². The Balaban J connectivity index is 2.95. The molecule has 0 spiro atoms. The summed E-state index contributed by atoms with van der Waals surface area (Å²) in [4.78, 5) is 18.6. The molecule has 0 aliphatic rings. The fourth-order valence-corrected chi connectivity index (χ4v) is 1.86. The van der Waals surface area contributed by atoms with E-state index in [0.717, 1.165) is 23.6 Å². The molecule has 1 heterocycles. The van der Waals surface area contributed by atoms with E-state index >= 15 is 0 Å². The lowest BCUT2D eigenvalue weighted by Crippen LogP contribution is -2.23. The Hall–Kier alpha value is -1.32. The SMILES string of the molecule is Cc1[nH]c(C(C)(C)CC(=O)O)nc1CC(C)C. The zero-order valence-corrected chi connectivity index (χ0v) is 11.3. The van der Waals surface area contributed by atoms with Crippen LogP contribution in [0.5, 0.6) is 0 Å². The van der Waals surface area contributed by atoms with Crippen molar-refractivity contribution in [3.05, 3.63) is 17.2 Å². The van der Waals surface area contributed by atoms with Crippen molar-refractivity contribution in [2.45, 2.75) is 52.9 Å². The summed E-state index contributed by atoms with van der Waals surface area (Å²) in [5.74, 6) is 0.523. The van der Waals surface area contributed by atoms with Crippen LogP contribution in [0, 0.1) is 12.8 Å². The Labute approximate surface area is 102 Å². The third-order valence-electron chi connectivity index (χ3n) is 2.82. The maximum absolute atomic E-state index is 10.8. The minimum atomic E-state index is -0.797. The lowest BCUT2D eigenvalue weighted by atomic mass is 9.88. The van der Waals surface area contributed by atoms with Crippen molar-refractivity contribution in [2.24, 2.45) is 5.92 Å². The fraction of sp³-hybridized carbons (Fsp3) is 0.692. The molecule has 1 rings (SSSR count). The van der Waals surface area contributed by atoms with Crippen LogP contribution in [0.3, 0.4) is 0 Å². The molecule has 4 nitrogen and oxygen atoms in total.